The van der Waals surface area contributed by atoms with Gasteiger partial charge in [-0.25, -0.2) is 0 Å². The molecule has 0 fully saturated rings. The highest BCUT2D eigenvalue weighted by molar-refractivity contribution is 6.07. The molecule has 1 atom stereocenters. The third kappa shape index (κ3) is 2.47. The molecule has 2 aromatic rings. The summed E-state index contributed by atoms with van der Waals surface area (Å²) < 4.78 is 5.38. The first-order valence-electron chi connectivity index (χ1n) is 7.22. The van der Waals surface area contributed by atoms with Crippen molar-refractivity contribution in [2.24, 2.45) is 0 Å². The van der Waals surface area contributed by atoms with Crippen LogP contribution in [0.15, 0.2) is 24.3 Å². The lowest BCUT2D eigenvalue weighted by Crippen LogP contribution is -2.27. The molecule has 3 rings (SSSR count). The van der Waals surface area contributed by atoms with Gasteiger partial charge in [0.25, 0.3) is 0 Å². The summed E-state index contributed by atoms with van der Waals surface area (Å²) in [6.45, 7) is 4.33. The van der Waals surface area contributed by atoms with Gasteiger partial charge in [0, 0.05) is 23.2 Å². The van der Waals surface area contributed by atoms with Gasteiger partial charge in [0.2, 0.25) is 5.91 Å². The Morgan fingerprint density at radius 3 is 2.77 bits per heavy atom. The summed E-state index contributed by atoms with van der Waals surface area (Å²) in [7, 11) is 0. The number of carbonyl (C=O) groups is 2. The predicted molar refractivity (Wildman–Crippen MR) is 81.3 cm³/mol. The number of aromatic amines is 1. The van der Waals surface area contributed by atoms with Gasteiger partial charge in [0.05, 0.1) is 12.5 Å². The fraction of sp³-hybridized carbons (Fsp3) is 0.312. The quantitative estimate of drug-likeness (QED) is 0.849. The first kappa shape index (κ1) is 14.3. The molecule has 1 aromatic heterocycles. The maximum Gasteiger partial charge on any atom is 0.226 e. The Morgan fingerprint density at radius 1 is 1.36 bits per heavy atom. The van der Waals surface area contributed by atoms with Crippen molar-refractivity contribution < 1.29 is 14.3 Å². The molecule has 0 aliphatic carbocycles. The van der Waals surface area contributed by atoms with E-state index in [4.69, 9.17) is 4.74 Å². The number of fused-ring (bicyclic) bond motifs is 1. The van der Waals surface area contributed by atoms with Crippen LogP contribution >= 0.6 is 0 Å². The molecule has 1 aliphatic heterocycles. The lowest BCUT2D eigenvalue weighted by Gasteiger charge is -2.21. The number of nitrogens with one attached hydrogen (secondary N) is 2. The van der Waals surface area contributed by atoms with Crippen LogP contribution in [0.25, 0.3) is 0 Å². The maximum atomic E-state index is 12.8. The third-order valence-corrected chi connectivity index (χ3v) is 3.76. The lowest BCUT2D eigenvalue weighted by molar-refractivity contribution is -0.116. The van der Waals surface area contributed by atoms with Crippen molar-refractivity contribution in [1.29, 1.82) is 0 Å². The van der Waals surface area contributed by atoms with Gasteiger partial charge in [-0.2, -0.15) is 5.10 Å². The number of aromatic nitrogens is 2. The molecular formula is C16H17N3O3. The normalized spacial score (nSPS) is 16.8. The van der Waals surface area contributed by atoms with Crippen LogP contribution in [0.1, 0.15) is 40.9 Å². The molecule has 1 unspecified atom stereocenters. The van der Waals surface area contributed by atoms with E-state index < -0.39 is 5.92 Å². The molecule has 0 radical (unpaired) electrons. The highest BCUT2D eigenvalue weighted by Gasteiger charge is 2.34. The zero-order valence-electron chi connectivity index (χ0n) is 12.5. The van der Waals surface area contributed by atoms with Gasteiger partial charge in [0.1, 0.15) is 5.75 Å². The van der Waals surface area contributed by atoms with Crippen LogP contribution in [0.2, 0.25) is 0 Å². The van der Waals surface area contributed by atoms with E-state index in [0.717, 1.165) is 17.0 Å². The number of ketones is 1. The Labute approximate surface area is 127 Å². The van der Waals surface area contributed by atoms with Crippen molar-refractivity contribution in [3.63, 3.8) is 0 Å². The van der Waals surface area contributed by atoms with Crippen LogP contribution in [0.4, 0.5) is 5.82 Å². The Bertz CT molecular complexity index is 719. The SMILES string of the molecule is CCOc1ccc(C(=O)C2CC(=O)Nc3n[nH]c(C)c32)cc1. The van der Waals surface area contributed by atoms with Gasteiger partial charge in [-0.15, -0.1) is 0 Å². The lowest BCUT2D eigenvalue weighted by atomic mass is 9.85. The number of carbonyl (C=O) groups excluding carboxylic acids is 2. The summed E-state index contributed by atoms with van der Waals surface area (Å²) in [5.74, 6) is 0.408. The van der Waals surface area contributed by atoms with E-state index in [1.807, 2.05) is 13.8 Å². The number of hydrogen-bond donors (Lipinski definition) is 2. The average molecular weight is 299 g/mol. The number of amides is 1. The first-order chi connectivity index (χ1) is 10.6. The molecule has 0 saturated carbocycles. The summed E-state index contributed by atoms with van der Waals surface area (Å²) in [5, 5.41) is 9.56. The monoisotopic (exact) mass is 299 g/mol. The van der Waals surface area contributed by atoms with Crippen LogP contribution < -0.4 is 10.1 Å². The summed E-state index contributed by atoms with van der Waals surface area (Å²) in [5.41, 5.74) is 2.15. The Balaban J connectivity index is 1.91. The Morgan fingerprint density at radius 2 is 2.09 bits per heavy atom. The van der Waals surface area contributed by atoms with Crippen molar-refractivity contribution in [3.8, 4) is 5.75 Å². The van der Waals surface area contributed by atoms with Gasteiger partial charge < -0.3 is 10.1 Å². The van der Waals surface area contributed by atoms with E-state index in [1.54, 1.807) is 24.3 Å². The molecule has 0 bridgehead atoms. The number of aryl methyl sites for hydroxylation is 1. The summed E-state index contributed by atoms with van der Waals surface area (Å²) >= 11 is 0. The van der Waals surface area contributed by atoms with Crippen LogP contribution in [0, 0.1) is 6.92 Å². The minimum absolute atomic E-state index is 0.0800. The third-order valence-electron chi connectivity index (χ3n) is 3.76. The summed E-state index contributed by atoms with van der Waals surface area (Å²) in [6, 6.07) is 7.00. The summed E-state index contributed by atoms with van der Waals surface area (Å²) in [4.78, 5) is 24.5. The molecule has 6 nitrogen and oxygen atoms in total. The molecule has 22 heavy (non-hydrogen) atoms. The van der Waals surface area contributed by atoms with Gasteiger partial charge in [-0.05, 0) is 38.1 Å². The van der Waals surface area contributed by atoms with Crippen molar-refractivity contribution in [2.75, 3.05) is 11.9 Å². The second-order valence-corrected chi connectivity index (χ2v) is 5.24. The topological polar surface area (TPSA) is 84.1 Å². The number of H-pyrrole nitrogens is 1. The van der Waals surface area contributed by atoms with Crippen LogP contribution in [-0.2, 0) is 4.79 Å². The summed E-state index contributed by atoms with van der Waals surface area (Å²) in [6.07, 6.45) is 0.138. The fourth-order valence-electron chi connectivity index (χ4n) is 2.74. The largest absolute Gasteiger partial charge is 0.494 e. The standard InChI is InChI=1S/C16H17N3O3/c1-3-22-11-6-4-10(5-7-11)15(21)12-8-13(20)17-16-14(12)9(2)18-19-16/h4-7,12H,3,8H2,1-2H3,(H2,17,18,19,20). The Hall–Kier alpha value is -2.63. The molecule has 2 heterocycles. The number of Topliss-reactive ketones (excluding diaryl/α,β-unsaturated/α-hetero) is 1. The number of anilines is 1. The number of rotatable bonds is 4. The molecule has 6 heteroatoms. The number of hydrogen-bond acceptors (Lipinski definition) is 4. The van der Waals surface area contributed by atoms with E-state index in [1.165, 1.54) is 0 Å². The highest BCUT2D eigenvalue weighted by atomic mass is 16.5. The molecule has 1 amide bonds. The van der Waals surface area contributed by atoms with Gasteiger partial charge >= 0.3 is 0 Å². The zero-order chi connectivity index (χ0) is 15.7. The van der Waals surface area contributed by atoms with Crippen LogP contribution in [0.5, 0.6) is 5.75 Å². The van der Waals surface area contributed by atoms with Crippen LogP contribution in [0.3, 0.4) is 0 Å². The van der Waals surface area contributed by atoms with Crippen molar-refractivity contribution >= 4 is 17.5 Å². The van der Waals surface area contributed by atoms with E-state index >= 15 is 0 Å². The predicted octanol–water partition coefficient (Wildman–Crippen LogP) is 2.43. The smallest absolute Gasteiger partial charge is 0.226 e. The molecule has 1 aliphatic rings. The molecule has 1 aromatic carbocycles. The van der Waals surface area contributed by atoms with E-state index in [9.17, 15) is 9.59 Å². The maximum absolute atomic E-state index is 12.8. The molecular weight excluding hydrogens is 282 g/mol. The molecule has 2 N–H and O–H groups in total. The minimum Gasteiger partial charge on any atom is -0.494 e. The highest BCUT2D eigenvalue weighted by Crippen LogP contribution is 2.35. The average Bonchev–Trinajstić information content (AvgIpc) is 2.88. The Kier molecular flexibility index (Phi) is 3.66. The number of benzene rings is 1. The number of nitrogens with zero attached hydrogens (tertiary/aromatic N) is 1. The second-order valence-electron chi connectivity index (χ2n) is 5.24. The zero-order valence-corrected chi connectivity index (χ0v) is 12.5. The van der Waals surface area contributed by atoms with Crippen LogP contribution in [-0.4, -0.2) is 28.5 Å². The van der Waals surface area contributed by atoms with Gasteiger partial charge in [-0.1, -0.05) is 0 Å². The van der Waals surface area contributed by atoms with E-state index in [2.05, 4.69) is 15.5 Å². The second kappa shape index (κ2) is 5.63. The van der Waals surface area contributed by atoms with Gasteiger partial charge in [-0.3, -0.25) is 14.7 Å². The fourth-order valence-corrected chi connectivity index (χ4v) is 2.74. The van der Waals surface area contributed by atoms with E-state index in [0.29, 0.717) is 18.0 Å². The van der Waals surface area contributed by atoms with E-state index in [-0.39, 0.29) is 18.1 Å². The van der Waals surface area contributed by atoms with Crippen molar-refractivity contribution in [2.45, 2.75) is 26.2 Å². The molecule has 0 spiro atoms. The minimum atomic E-state index is -0.500. The van der Waals surface area contributed by atoms with Gasteiger partial charge in [0.15, 0.2) is 11.6 Å². The number of ether oxygens (including phenoxy) is 1. The van der Waals surface area contributed by atoms with Crippen molar-refractivity contribution in [1.82, 2.24) is 10.2 Å². The first-order valence-corrected chi connectivity index (χ1v) is 7.22. The molecule has 114 valence electrons. The van der Waals surface area contributed by atoms with Crippen molar-refractivity contribution in [3.05, 3.63) is 41.1 Å². The molecule has 0 saturated heterocycles.